The molecule has 0 aliphatic rings. The number of ether oxygens (including phenoxy) is 2. The lowest BCUT2D eigenvalue weighted by atomic mass is 10.1. The molecule has 0 heterocycles. The Morgan fingerprint density at radius 1 is 0.588 bits per heavy atom. The zero-order valence-corrected chi connectivity index (χ0v) is 34.4. The molecule has 300 valence electrons. The highest BCUT2D eigenvalue weighted by atomic mass is 31.2. The molecule has 0 aliphatic heterocycles. The average molecular weight is 744 g/mol. The maximum Gasteiger partial charge on any atom is 0.306 e. The number of nitrogens with zero attached hydrogens (tertiary/aromatic N) is 1. The van der Waals surface area contributed by atoms with Crippen LogP contribution in [0.3, 0.4) is 0 Å². The summed E-state index contributed by atoms with van der Waals surface area (Å²) < 4.78 is 33.8. The first kappa shape index (κ1) is 49.5. The van der Waals surface area contributed by atoms with E-state index < -0.39 is 32.5 Å². The van der Waals surface area contributed by atoms with E-state index in [1.54, 1.807) is 0 Å². The van der Waals surface area contributed by atoms with E-state index in [4.69, 9.17) is 18.5 Å². The molecule has 0 saturated heterocycles. The number of esters is 2. The predicted molar refractivity (Wildman–Crippen MR) is 208 cm³/mol. The van der Waals surface area contributed by atoms with Gasteiger partial charge in [0.25, 0.3) is 7.82 Å². The summed E-state index contributed by atoms with van der Waals surface area (Å²) in [4.78, 5) is 37.4. The highest BCUT2D eigenvalue weighted by Crippen LogP contribution is 2.38. The van der Waals surface area contributed by atoms with Gasteiger partial charge < -0.3 is 27.9 Å². The predicted octanol–water partition coefficient (Wildman–Crippen LogP) is 10.6. The molecular formula is C41H78NO8P. The number of quaternary nitrogens is 1. The van der Waals surface area contributed by atoms with Gasteiger partial charge >= 0.3 is 11.9 Å². The van der Waals surface area contributed by atoms with Crippen molar-refractivity contribution >= 4 is 19.8 Å². The number of phosphoric acid groups is 1. The second-order valence-electron chi connectivity index (χ2n) is 15.0. The Labute approximate surface area is 313 Å². The number of unbranched alkanes of at least 4 members (excludes halogenated alkanes) is 19. The highest BCUT2D eigenvalue weighted by molar-refractivity contribution is 7.45. The fourth-order valence-electron chi connectivity index (χ4n) is 5.41. The lowest BCUT2D eigenvalue weighted by Crippen LogP contribution is -2.37. The molecule has 51 heavy (non-hydrogen) atoms. The Balaban J connectivity index is 4.42. The van der Waals surface area contributed by atoms with Gasteiger partial charge in [0.2, 0.25) is 0 Å². The van der Waals surface area contributed by atoms with Crippen LogP contribution in [0.1, 0.15) is 174 Å². The summed E-state index contributed by atoms with van der Waals surface area (Å²) in [7, 11) is 1.16. The van der Waals surface area contributed by atoms with Crippen LogP contribution in [0.15, 0.2) is 24.3 Å². The maximum absolute atomic E-state index is 12.6. The second-order valence-corrected chi connectivity index (χ2v) is 16.4. The van der Waals surface area contributed by atoms with Crippen molar-refractivity contribution in [1.29, 1.82) is 0 Å². The van der Waals surface area contributed by atoms with Crippen molar-refractivity contribution in [2.45, 2.75) is 180 Å². The summed E-state index contributed by atoms with van der Waals surface area (Å²) in [5.74, 6) is -0.854. The minimum absolute atomic E-state index is 0.0328. The normalized spacial score (nSPS) is 13.9. The van der Waals surface area contributed by atoms with Gasteiger partial charge in [-0.1, -0.05) is 122 Å². The number of phosphoric ester groups is 1. The zero-order chi connectivity index (χ0) is 37.9. The summed E-state index contributed by atoms with van der Waals surface area (Å²) in [6.45, 7) is 4.17. The van der Waals surface area contributed by atoms with Crippen molar-refractivity contribution in [2.24, 2.45) is 0 Å². The lowest BCUT2D eigenvalue weighted by Gasteiger charge is -2.28. The largest absolute Gasteiger partial charge is 0.756 e. The van der Waals surface area contributed by atoms with E-state index in [2.05, 4.69) is 38.2 Å². The molecule has 0 fully saturated rings. The molecule has 0 bridgehead atoms. The third-order valence-electron chi connectivity index (χ3n) is 8.69. The number of hydrogen-bond acceptors (Lipinski definition) is 8. The second kappa shape index (κ2) is 34.3. The fourth-order valence-corrected chi connectivity index (χ4v) is 6.14. The summed E-state index contributed by atoms with van der Waals surface area (Å²) >= 11 is 0. The first-order valence-corrected chi connectivity index (χ1v) is 22.0. The number of allylic oxidation sites excluding steroid dienone is 4. The molecule has 2 atom stereocenters. The third kappa shape index (κ3) is 38.0. The first-order chi connectivity index (χ1) is 24.5. The van der Waals surface area contributed by atoms with E-state index in [1.807, 2.05) is 21.1 Å². The van der Waals surface area contributed by atoms with Gasteiger partial charge in [-0.05, 0) is 64.2 Å². The number of carbonyl (C=O) groups is 2. The topological polar surface area (TPSA) is 111 Å². The summed E-state index contributed by atoms with van der Waals surface area (Å²) in [5, 5.41) is 0. The molecule has 0 aromatic carbocycles. The Kier molecular flexibility index (Phi) is 33.3. The summed E-state index contributed by atoms with van der Waals surface area (Å²) in [6.07, 6.45) is 34.8. The van der Waals surface area contributed by atoms with Crippen molar-refractivity contribution < 1.29 is 42.1 Å². The Morgan fingerprint density at radius 3 is 1.49 bits per heavy atom. The first-order valence-electron chi connectivity index (χ1n) is 20.5. The third-order valence-corrected chi connectivity index (χ3v) is 9.66. The van der Waals surface area contributed by atoms with E-state index in [-0.39, 0.29) is 26.1 Å². The van der Waals surface area contributed by atoms with Crippen LogP contribution in [0.4, 0.5) is 0 Å². The van der Waals surface area contributed by atoms with Gasteiger partial charge in [-0.3, -0.25) is 14.2 Å². The fraction of sp³-hybridized carbons (Fsp3) is 0.854. The molecule has 1 unspecified atom stereocenters. The highest BCUT2D eigenvalue weighted by Gasteiger charge is 2.21. The molecule has 0 saturated carbocycles. The molecule has 0 radical (unpaired) electrons. The van der Waals surface area contributed by atoms with E-state index in [1.165, 1.54) is 70.6 Å². The van der Waals surface area contributed by atoms with E-state index in [0.29, 0.717) is 17.4 Å². The van der Waals surface area contributed by atoms with Crippen molar-refractivity contribution in [3.63, 3.8) is 0 Å². The van der Waals surface area contributed by atoms with Crippen LogP contribution in [0.2, 0.25) is 0 Å². The zero-order valence-electron chi connectivity index (χ0n) is 33.6. The molecule has 0 amide bonds. The van der Waals surface area contributed by atoms with Crippen LogP contribution in [-0.4, -0.2) is 70.0 Å². The van der Waals surface area contributed by atoms with Crippen molar-refractivity contribution in [3.05, 3.63) is 24.3 Å². The van der Waals surface area contributed by atoms with Gasteiger partial charge in [-0.15, -0.1) is 0 Å². The number of hydrogen-bond donors (Lipinski definition) is 0. The molecule has 10 heteroatoms. The van der Waals surface area contributed by atoms with E-state index in [0.717, 1.165) is 70.6 Å². The Morgan fingerprint density at radius 2 is 1.00 bits per heavy atom. The minimum atomic E-state index is -4.62. The van der Waals surface area contributed by atoms with Crippen molar-refractivity contribution in [2.75, 3.05) is 47.5 Å². The average Bonchev–Trinajstić information content (AvgIpc) is 3.07. The monoisotopic (exact) mass is 744 g/mol. The van der Waals surface area contributed by atoms with Crippen LogP contribution in [0.5, 0.6) is 0 Å². The Hall–Kier alpha value is -1.51. The van der Waals surface area contributed by atoms with Crippen molar-refractivity contribution in [3.8, 4) is 0 Å². The van der Waals surface area contributed by atoms with Crippen LogP contribution >= 0.6 is 7.82 Å². The van der Waals surface area contributed by atoms with Gasteiger partial charge in [-0.2, -0.15) is 0 Å². The molecule has 0 rings (SSSR count). The van der Waals surface area contributed by atoms with Crippen LogP contribution in [0, 0.1) is 0 Å². The lowest BCUT2D eigenvalue weighted by molar-refractivity contribution is -0.870. The smallest absolute Gasteiger partial charge is 0.306 e. The van der Waals surface area contributed by atoms with E-state index >= 15 is 0 Å². The van der Waals surface area contributed by atoms with Crippen molar-refractivity contribution in [1.82, 2.24) is 0 Å². The summed E-state index contributed by atoms with van der Waals surface area (Å²) in [6, 6.07) is 0. The maximum atomic E-state index is 12.6. The van der Waals surface area contributed by atoms with Gasteiger partial charge in [0.05, 0.1) is 27.7 Å². The molecule has 0 aliphatic carbocycles. The number of rotatable bonds is 37. The van der Waals surface area contributed by atoms with Gasteiger partial charge in [0, 0.05) is 12.8 Å². The van der Waals surface area contributed by atoms with Crippen LogP contribution in [-0.2, 0) is 32.7 Å². The van der Waals surface area contributed by atoms with Crippen LogP contribution in [0.25, 0.3) is 0 Å². The SMILES string of the molecule is CCCCC/C=C\CCCCCCCC(=O)OC[C@H](COP(=O)([O-])OCC[N+](C)(C)C)OC(=O)CCCCCCC/C=C\CCCCCCCC. The molecule has 0 spiro atoms. The molecule has 9 nitrogen and oxygen atoms in total. The number of carbonyl (C=O) groups excluding carboxylic acids is 2. The van der Waals surface area contributed by atoms with E-state index in [9.17, 15) is 19.0 Å². The van der Waals surface area contributed by atoms with Gasteiger partial charge in [0.15, 0.2) is 6.10 Å². The molecule has 0 N–H and O–H groups in total. The summed E-state index contributed by atoms with van der Waals surface area (Å²) in [5.41, 5.74) is 0. The quantitative estimate of drug-likeness (QED) is 0.0203. The Bertz CT molecular complexity index is 933. The molecule has 0 aromatic heterocycles. The van der Waals surface area contributed by atoms with Crippen LogP contribution < -0.4 is 4.89 Å². The molecule has 0 aromatic rings. The molecular weight excluding hydrogens is 665 g/mol. The van der Waals surface area contributed by atoms with Gasteiger partial charge in [0.1, 0.15) is 19.8 Å². The minimum Gasteiger partial charge on any atom is -0.756 e. The number of likely N-dealkylation sites (N-methyl/N-ethyl adjacent to an activating group) is 1. The van der Waals surface area contributed by atoms with Gasteiger partial charge in [-0.25, -0.2) is 0 Å². The standard InChI is InChI=1S/C41H78NO8P/c1-6-8-10-12-14-16-18-20-21-22-24-26-28-30-32-34-41(44)50-39(38-49-51(45,46)48-36-35-42(3,4)5)37-47-40(43)33-31-29-27-25-23-19-17-15-13-11-9-7-2/h15,17,20-21,39H,6-14,16,18-19,22-38H2,1-5H3/b17-15-,21-20-/t39-/m1/s1.